The first kappa shape index (κ1) is 12.2. The van der Waals surface area contributed by atoms with Crippen molar-refractivity contribution in [3.05, 3.63) is 68.8 Å². The zero-order valence-corrected chi connectivity index (χ0v) is 12.4. The van der Waals surface area contributed by atoms with Crippen LogP contribution < -0.4 is 0 Å². The van der Waals surface area contributed by atoms with Crippen LogP contribution in [0.1, 0.15) is 16.7 Å². The number of nitrogens with zero attached hydrogens (tertiary/aromatic N) is 1. The van der Waals surface area contributed by atoms with Crippen LogP contribution in [0, 0.1) is 3.57 Å². The van der Waals surface area contributed by atoms with Gasteiger partial charge in [0.05, 0.1) is 0 Å². The van der Waals surface area contributed by atoms with Crippen LogP contribution in [0.3, 0.4) is 0 Å². The fraction of sp³-hybridized carbons (Fsp3) is 0.250. The second-order valence-corrected chi connectivity index (χ2v) is 5.98. The zero-order chi connectivity index (χ0) is 12.4. The van der Waals surface area contributed by atoms with Gasteiger partial charge in [0.15, 0.2) is 0 Å². The van der Waals surface area contributed by atoms with Crippen molar-refractivity contribution >= 4 is 22.6 Å². The monoisotopic (exact) mass is 349 g/mol. The zero-order valence-electron chi connectivity index (χ0n) is 10.3. The normalized spacial score (nSPS) is 15.4. The average molecular weight is 349 g/mol. The molecule has 0 N–H and O–H groups in total. The molecule has 1 heterocycles. The highest BCUT2D eigenvalue weighted by molar-refractivity contribution is 14.1. The van der Waals surface area contributed by atoms with Crippen LogP contribution in [-0.4, -0.2) is 11.4 Å². The second-order valence-electron chi connectivity index (χ2n) is 4.82. The summed E-state index contributed by atoms with van der Waals surface area (Å²) in [5.41, 5.74) is 4.46. The minimum Gasteiger partial charge on any atom is -0.294 e. The molecule has 0 fully saturated rings. The molecule has 1 nitrogen and oxygen atoms in total. The third-order valence-electron chi connectivity index (χ3n) is 3.56. The molecule has 0 amide bonds. The van der Waals surface area contributed by atoms with E-state index in [2.05, 4.69) is 76.0 Å². The number of fused-ring (bicyclic) bond motifs is 1. The Labute approximate surface area is 122 Å². The van der Waals surface area contributed by atoms with Gasteiger partial charge in [-0.05, 0) is 51.8 Å². The van der Waals surface area contributed by atoms with E-state index in [0.717, 1.165) is 13.1 Å². The molecule has 0 saturated carbocycles. The number of hydrogen-bond donors (Lipinski definition) is 0. The molecule has 2 aromatic rings. The second kappa shape index (κ2) is 5.41. The lowest BCUT2D eigenvalue weighted by molar-refractivity contribution is 0.245. The fourth-order valence-electron chi connectivity index (χ4n) is 2.56. The average Bonchev–Trinajstić information content (AvgIpc) is 2.41. The van der Waals surface area contributed by atoms with E-state index in [4.69, 9.17) is 0 Å². The maximum Gasteiger partial charge on any atom is 0.0247 e. The van der Waals surface area contributed by atoms with Crippen molar-refractivity contribution in [1.29, 1.82) is 0 Å². The van der Waals surface area contributed by atoms with Gasteiger partial charge in [-0.25, -0.2) is 0 Å². The topological polar surface area (TPSA) is 3.24 Å². The third kappa shape index (κ3) is 2.59. The molecular formula is C16H16IN. The van der Waals surface area contributed by atoms with E-state index in [9.17, 15) is 0 Å². The first-order chi connectivity index (χ1) is 8.83. The summed E-state index contributed by atoms with van der Waals surface area (Å²) in [5.74, 6) is 0. The van der Waals surface area contributed by atoms with Crippen LogP contribution in [0.2, 0.25) is 0 Å². The first-order valence-electron chi connectivity index (χ1n) is 6.35. The first-order valence-corrected chi connectivity index (χ1v) is 7.43. The highest BCUT2D eigenvalue weighted by Gasteiger charge is 2.16. The molecule has 0 spiro atoms. The molecule has 1 aliphatic heterocycles. The van der Waals surface area contributed by atoms with Crippen LogP contribution in [0.4, 0.5) is 0 Å². The quantitative estimate of drug-likeness (QED) is 0.745. The molecule has 92 valence electrons. The Morgan fingerprint density at radius 1 is 0.944 bits per heavy atom. The molecule has 0 aliphatic carbocycles. The SMILES string of the molecule is Ic1ccccc1CN1CCc2ccccc2C1. The van der Waals surface area contributed by atoms with Gasteiger partial charge >= 0.3 is 0 Å². The lowest BCUT2D eigenvalue weighted by Crippen LogP contribution is -2.30. The lowest BCUT2D eigenvalue weighted by atomic mass is 9.99. The summed E-state index contributed by atoms with van der Waals surface area (Å²) in [6, 6.07) is 17.5. The minimum absolute atomic E-state index is 1.06. The van der Waals surface area contributed by atoms with Crippen LogP contribution in [0.25, 0.3) is 0 Å². The highest BCUT2D eigenvalue weighted by atomic mass is 127. The predicted octanol–water partition coefficient (Wildman–Crippen LogP) is 3.85. The highest BCUT2D eigenvalue weighted by Crippen LogP contribution is 2.21. The molecule has 0 saturated heterocycles. The number of halogens is 1. The van der Waals surface area contributed by atoms with Gasteiger partial charge in [-0.1, -0.05) is 42.5 Å². The summed E-state index contributed by atoms with van der Waals surface area (Å²) in [4.78, 5) is 2.54. The maximum atomic E-state index is 2.54. The summed E-state index contributed by atoms with van der Waals surface area (Å²) < 4.78 is 1.37. The van der Waals surface area contributed by atoms with Crippen molar-refractivity contribution in [2.45, 2.75) is 19.5 Å². The van der Waals surface area contributed by atoms with E-state index in [1.54, 1.807) is 0 Å². The molecule has 1 aliphatic rings. The van der Waals surface area contributed by atoms with Gasteiger partial charge in [-0.3, -0.25) is 4.90 Å². The largest absolute Gasteiger partial charge is 0.294 e. The Balaban J connectivity index is 1.75. The van der Waals surface area contributed by atoms with Crippen molar-refractivity contribution in [2.75, 3.05) is 6.54 Å². The summed E-state index contributed by atoms with van der Waals surface area (Å²) in [7, 11) is 0. The molecule has 0 aromatic heterocycles. The van der Waals surface area contributed by atoms with Crippen molar-refractivity contribution in [1.82, 2.24) is 4.90 Å². The lowest BCUT2D eigenvalue weighted by Gasteiger charge is -2.29. The van der Waals surface area contributed by atoms with Gasteiger partial charge < -0.3 is 0 Å². The Bertz CT molecular complexity index is 550. The van der Waals surface area contributed by atoms with Gasteiger partial charge in [0.2, 0.25) is 0 Å². The predicted molar refractivity (Wildman–Crippen MR) is 83.4 cm³/mol. The minimum atomic E-state index is 1.06. The molecule has 2 heteroatoms. The van der Waals surface area contributed by atoms with E-state index in [-0.39, 0.29) is 0 Å². The van der Waals surface area contributed by atoms with Gasteiger partial charge in [0, 0.05) is 23.2 Å². The molecule has 0 unspecified atom stereocenters. The Hall–Kier alpha value is -0.870. The van der Waals surface area contributed by atoms with Crippen LogP contribution in [-0.2, 0) is 19.5 Å². The van der Waals surface area contributed by atoms with Crippen LogP contribution in [0.15, 0.2) is 48.5 Å². The smallest absolute Gasteiger partial charge is 0.0247 e. The summed E-state index contributed by atoms with van der Waals surface area (Å²) in [5, 5.41) is 0. The van der Waals surface area contributed by atoms with E-state index < -0.39 is 0 Å². The summed E-state index contributed by atoms with van der Waals surface area (Å²) in [6.45, 7) is 3.32. The van der Waals surface area contributed by atoms with E-state index >= 15 is 0 Å². The van der Waals surface area contributed by atoms with Gasteiger partial charge in [0.25, 0.3) is 0 Å². The van der Waals surface area contributed by atoms with Crippen molar-refractivity contribution in [3.63, 3.8) is 0 Å². The van der Waals surface area contributed by atoms with Crippen LogP contribution in [0.5, 0.6) is 0 Å². The van der Waals surface area contributed by atoms with Gasteiger partial charge in [-0.2, -0.15) is 0 Å². The number of rotatable bonds is 2. The molecule has 0 atom stereocenters. The summed E-state index contributed by atoms with van der Waals surface area (Å²) in [6.07, 6.45) is 1.18. The molecule has 0 radical (unpaired) electrons. The Kier molecular flexibility index (Phi) is 3.66. The standard InChI is InChI=1S/C16H16IN/c17-16-8-4-3-7-15(16)12-18-10-9-13-5-1-2-6-14(13)11-18/h1-8H,9-12H2. The molecule has 0 bridgehead atoms. The fourth-order valence-corrected chi connectivity index (χ4v) is 3.11. The third-order valence-corrected chi connectivity index (χ3v) is 4.61. The van der Waals surface area contributed by atoms with E-state index in [0.29, 0.717) is 0 Å². The van der Waals surface area contributed by atoms with E-state index in [1.807, 2.05) is 0 Å². The summed E-state index contributed by atoms with van der Waals surface area (Å²) >= 11 is 2.43. The van der Waals surface area contributed by atoms with Gasteiger partial charge in [-0.15, -0.1) is 0 Å². The maximum absolute atomic E-state index is 2.54. The number of hydrogen-bond acceptors (Lipinski definition) is 1. The molecule has 2 aromatic carbocycles. The number of benzene rings is 2. The van der Waals surface area contributed by atoms with Gasteiger partial charge in [0.1, 0.15) is 0 Å². The Morgan fingerprint density at radius 2 is 1.67 bits per heavy atom. The van der Waals surface area contributed by atoms with E-state index in [1.165, 1.54) is 33.2 Å². The van der Waals surface area contributed by atoms with Crippen molar-refractivity contribution in [2.24, 2.45) is 0 Å². The van der Waals surface area contributed by atoms with Crippen molar-refractivity contribution in [3.8, 4) is 0 Å². The van der Waals surface area contributed by atoms with Crippen molar-refractivity contribution < 1.29 is 0 Å². The van der Waals surface area contributed by atoms with Crippen LogP contribution >= 0.6 is 22.6 Å². The molecular weight excluding hydrogens is 333 g/mol. The molecule has 18 heavy (non-hydrogen) atoms. The molecule has 3 rings (SSSR count). The Morgan fingerprint density at radius 3 is 2.50 bits per heavy atom.